The maximum Gasteiger partial charge on any atom is 0.258 e. The molecule has 0 bridgehead atoms. The number of amides is 1. The third kappa shape index (κ3) is 4.88. The summed E-state index contributed by atoms with van der Waals surface area (Å²) in [5, 5.41) is 2.96. The number of halogens is 2. The normalized spacial score (nSPS) is 21.1. The molecular formula is C27H35ClFN5O2. The zero-order valence-corrected chi connectivity index (χ0v) is 22.5. The average molecular weight is 516 g/mol. The van der Waals surface area contributed by atoms with Crippen LogP contribution in [0.25, 0.3) is 5.52 Å². The summed E-state index contributed by atoms with van der Waals surface area (Å²) in [6.07, 6.45) is 6.78. The van der Waals surface area contributed by atoms with Crippen LogP contribution in [0.5, 0.6) is 5.75 Å². The zero-order valence-electron chi connectivity index (χ0n) is 21.8. The lowest BCUT2D eigenvalue weighted by molar-refractivity contribution is 0.0859. The predicted molar refractivity (Wildman–Crippen MR) is 140 cm³/mol. The van der Waals surface area contributed by atoms with Crippen molar-refractivity contribution in [3.05, 3.63) is 51.9 Å². The van der Waals surface area contributed by atoms with Crippen molar-refractivity contribution in [3.8, 4) is 5.75 Å². The summed E-state index contributed by atoms with van der Waals surface area (Å²) in [5.74, 6) is 0.125. The van der Waals surface area contributed by atoms with Crippen molar-refractivity contribution in [2.45, 2.75) is 84.8 Å². The van der Waals surface area contributed by atoms with E-state index >= 15 is 4.39 Å². The van der Waals surface area contributed by atoms with E-state index in [-0.39, 0.29) is 22.4 Å². The van der Waals surface area contributed by atoms with Gasteiger partial charge < -0.3 is 15.8 Å². The topological polar surface area (TPSA) is 94.5 Å². The molecule has 1 amide bonds. The number of aromatic nitrogens is 3. The fourth-order valence-corrected chi connectivity index (χ4v) is 5.30. The SMILES string of the molecule is Cc1nc(C(C)c2cc(Cl)c(F)c(C(=O)NC3(C)CCC(C)CC3)c2OC(C)C)n2ccnc(N)c12. The van der Waals surface area contributed by atoms with E-state index in [1.807, 2.05) is 39.0 Å². The summed E-state index contributed by atoms with van der Waals surface area (Å²) >= 11 is 6.38. The Bertz CT molecular complexity index is 1300. The molecule has 1 aliphatic carbocycles. The summed E-state index contributed by atoms with van der Waals surface area (Å²) in [5.41, 5.74) is 7.52. The Labute approximate surface area is 216 Å². The van der Waals surface area contributed by atoms with Crippen molar-refractivity contribution >= 4 is 28.8 Å². The minimum Gasteiger partial charge on any atom is -0.490 e. The number of anilines is 1. The minimum atomic E-state index is -0.786. The van der Waals surface area contributed by atoms with Gasteiger partial charge in [0, 0.05) is 29.4 Å². The van der Waals surface area contributed by atoms with E-state index in [0.717, 1.165) is 31.4 Å². The van der Waals surface area contributed by atoms with Crippen LogP contribution in [0, 0.1) is 18.7 Å². The molecule has 1 atom stereocenters. The first-order valence-electron chi connectivity index (χ1n) is 12.5. The molecule has 1 aliphatic rings. The fraction of sp³-hybridized carbons (Fsp3) is 0.519. The number of nitrogen functional groups attached to an aromatic ring is 1. The number of nitrogens with two attached hydrogens (primary N) is 1. The van der Waals surface area contributed by atoms with E-state index in [1.165, 1.54) is 6.07 Å². The van der Waals surface area contributed by atoms with Crippen LogP contribution in [-0.4, -0.2) is 31.9 Å². The number of hydrogen-bond acceptors (Lipinski definition) is 5. The van der Waals surface area contributed by atoms with E-state index in [9.17, 15) is 4.79 Å². The van der Waals surface area contributed by atoms with E-state index in [1.54, 1.807) is 12.4 Å². The molecule has 3 aromatic rings. The first-order valence-corrected chi connectivity index (χ1v) is 12.9. The maximum absolute atomic E-state index is 15.5. The largest absolute Gasteiger partial charge is 0.490 e. The van der Waals surface area contributed by atoms with Gasteiger partial charge in [-0.2, -0.15) is 0 Å². The lowest BCUT2D eigenvalue weighted by Gasteiger charge is -2.37. The van der Waals surface area contributed by atoms with Crippen molar-refractivity contribution in [2.24, 2.45) is 5.92 Å². The molecule has 1 unspecified atom stereocenters. The molecular weight excluding hydrogens is 481 g/mol. The molecule has 0 saturated heterocycles. The number of nitrogens with zero attached hydrogens (tertiary/aromatic N) is 3. The first-order chi connectivity index (χ1) is 16.9. The number of nitrogens with one attached hydrogen (secondary N) is 1. The molecule has 2 aromatic heterocycles. The molecule has 194 valence electrons. The molecule has 4 rings (SSSR count). The monoisotopic (exact) mass is 515 g/mol. The first kappa shape index (κ1) is 26.2. The van der Waals surface area contributed by atoms with Gasteiger partial charge in [0.05, 0.1) is 16.8 Å². The van der Waals surface area contributed by atoms with Crippen molar-refractivity contribution in [2.75, 3.05) is 5.73 Å². The summed E-state index contributed by atoms with van der Waals surface area (Å²) in [6, 6.07) is 1.53. The van der Waals surface area contributed by atoms with Gasteiger partial charge in [0.1, 0.15) is 28.5 Å². The number of aryl methyl sites for hydroxylation is 1. The van der Waals surface area contributed by atoms with Crippen LogP contribution in [0.15, 0.2) is 18.5 Å². The Balaban J connectivity index is 1.83. The second-order valence-corrected chi connectivity index (χ2v) is 11.0. The van der Waals surface area contributed by atoms with Gasteiger partial charge in [-0.25, -0.2) is 14.4 Å². The Hall–Kier alpha value is -2.87. The molecule has 1 aromatic carbocycles. The van der Waals surface area contributed by atoms with Crippen LogP contribution in [0.3, 0.4) is 0 Å². The molecule has 2 heterocycles. The van der Waals surface area contributed by atoms with Crippen molar-refractivity contribution < 1.29 is 13.9 Å². The van der Waals surface area contributed by atoms with Gasteiger partial charge in [-0.15, -0.1) is 0 Å². The quantitative estimate of drug-likeness (QED) is 0.416. The number of carbonyl (C=O) groups excluding carboxylic acids is 1. The van der Waals surface area contributed by atoms with Crippen LogP contribution >= 0.6 is 11.6 Å². The van der Waals surface area contributed by atoms with Crippen LogP contribution < -0.4 is 15.8 Å². The van der Waals surface area contributed by atoms with Crippen LogP contribution in [-0.2, 0) is 0 Å². The third-order valence-electron chi connectivity index (χ3n) is 7.21. The van der Waals surface area contributed by atoms with Crippen molar-refractivity contribution in [1.82, 2.24) is 19.7 Å². The molecule has 0 radical (unpaired) electrons. The van der Waals surface area contributed by atoms with Crippen molar-refractivity contribution in [1.29, 1.82) is 0 Å². The number of hydrogen-bond donors (Lipinski definition) is 2. The summed E-state index contributed by atoms with van der Waals surface area (Å²) in [7, 11) is 0. The predicted octanol–water partition coefficient (Wildman–Crippen LogP) is 6.05. The van der Waals surface area contributed by atoms with Crippen LogP contribution in [0.4, 0.5) is 10.2 Å². The smallest absolute Gasteiger partial charge is 0.258 e. The number of fused-ring (bicyclic) bond motifs is 1. The van der Waals surface area contributed by atoms with E-state index in [2.05, 4.69) is 17.2 Å². The molecule has 1 fully saturated rings. The second-order valence-electron chi connectivity index (χ2n) is 10.6. The molecule has 0 aliphatic heterocycles. The Morgan fingerprint density at radius 2 is 2.00 bits per heavy atom. The van der Waals surface area contributed by atoms with Gasteiger partial charge >= 0.3 is 0 Å². The van der Waals surface area contributed by atoms with Gasteiger partial charge in [-0.1, -0.05) is 25.4 Å². The number of carbonyl (C=O) groups is 1. The molecule has 0 spiro atoms. The minimum absolute atomic E-state index is 0.140. The Morgan fingerprint density at radius 1 is 1.33 bits per heavy atom. The highest BCUT2D eigenvalue weighted by Crippen LogP contribution is 2.40. The number of ether oxygens (including phenoxy) is 1. The Kier molecular flexibility index (Phi) is 7.19. The third-order valence-corrected chi connectivity index (χ3v) is 7.49. The standard InChI is InChI=1S/C27H35ClFN5O2/c1-14(2)36-23-18(16(4)25-32-17(5)22-24(30)31-11-12-34(22)25)13-19(28)21(29)20(23)26(35)33-27(6)9-7-15(3)8-10-27/h11-16H,7-10H2,1-6H3,(H2,30,31)(H,33,35). The van der Waals surface area contributed by atoms with E-state index in [4.69, 9.17) is 27.1 Å². The van der Waals surface area contributed by atoms with E-state index < -0.39 is 23.2 Å². The van der Waals surface area contributed by atoms with Gasteiger partial charge in [-0.3, -0.25) is 9.20 Å². The van der Waals surface area contributed by atoms with Crippen LogP contribution in [0.1, 0.15) is 93.7 Å². The van der Waals surface area contributed by atoms with Gasteiger partial charge in [0.15, 0.2) is 5.82 Å². The highest BCUT2D eigenvalue weighted by atomic mass is 35.5. The molecule has 1 saturated carbocycles. The molecule has 9 heteroatoms. The van der Waals surface area contributed by atoms with Crippen LogP contribution in [0.2, 0.25) is 5.02 Å². The van der Waals surface area contributed by atoms with E-state index in [0.29, 0.717) is 28.6 Å². The highest BCUT2D eigenvalue weighted by Gasteiger charge is 2.35. The maximum atomic E-state index is 15.5. The van der Waals surface area contributed by atoms with Gasteiger partial charge in [-0.05, 0) is 65.4 Å². The lowest BCUT2D eigenvalue weighted by Crippen LogP contribution is -2.48. The number of rotatable bonds is 6. The molecule has 7 nitrogen and oxygen atoms in total. The molecule has 36 heavy (non-hydrogen) atoms. The Morgan fingerprint density at radius 3 is 2.64 bits per heavy atom. The second kappa shape index (κ2) is 9.88. The summed E-state index contributed by atoms with van der Waals surface area (Å²) in [4.78, 5) is 22.5. The van der Waals surface area contributed by atoms with Gasteiger partial charge in [0.2, 0.25) is 0 Å². The molecule has 3 N–H and O–H groups in total. The highest BCUT2D eigenvalue weighted by molar-refractivity contribution is 6.31. The summed E-state index contributed by atoms with van der Waals surface area (Å²) in [6.45, 7) is 11.7. The lowest BCUT2D eigenvalue weighted by atomic mass is 9.78. The average Bonchev–Trinajstić information content (AvgIpc) is 3.15. The van der Waals surface area contributed by atoms with Gasteiger partial charge in [0.25, 0.3) is 5.91 Å². The summed E-state index contributed by atoms with van der Waals surface area (Å²) < 4.78 is 23.5. The number of imidazole rings is 1. The van der Waals surface area contributed by atoms with Crippen molar-refractivity contribution in [3.63, 3.8) is 0 Å². The fourth-order valence-electron chi connectivity index (χ4n) is 5.09. The zero-order chi connectivity index (χ0) is 26.4. The number of benzene rings is 1.